The average molecular weight is 369 g/mol. The summed E-state index contributed by atoms with van der Waals surface area (Å²) in [4.78, 5) is 5.31. The molecule has 0 atom stereocenters. The maximum absolute atomic E-state index is 5.31. The quantitative estimate of drug-likeness (QED) is 0.252. The van der Waals surface area contributed by atoms with Gasteiger partial charge in [0, 0.05) is 0 Å². The van der Waals surface area contributed by atoms with Gasteiger partial charge in [-0.25, -0.2) is 11.0 Å². The fourth-order valence-corrected chi connectivity index (χ4v) is 3.21. The molecule has 0 saturated carbocycles. The zero-order valence-corrected chi connectivity index (χ0v) is 16.9. The van der Waals surface area contributed by atoms with Crippen LogP contribution in [0.5, 0.6) is 0 Å². The molecule has 0 spiro atoms. The van der Waals surface area contributed by atoms with Gasteiger partial charge in [-0.15, -0.1) is 0 Å². The number of benzene rings is 2. The maximum Gasteiger partial charge on any atom is 0.0629 e. The summed E-state index contributed by atoms with van der Waals surface area (Å²) in [5.74, 6) is 0. The zero-order valence-electron chi connectivity index (χ0n) is 16.9. The smallest absolute Gasteiger partial charge is 0.0629 e. The molecule has 2 N–H and O–H groups in total. The minimum absolute atomic E-state index is 0.919. The van der Waals surface area contributed by atoms with Gasteiger partial charge >= 0.3 is 0 Å². The van der Waals surface area contributed by atoms with Crippen molar-refractivity contribution in [2.45, 2.75) is 77.6 Å². The zero-order chi connectivity index (χ0) is 19.0. The molecule has 0 saturated heterocycles. The third-order valence-corrected chi connectivity index (χ3v) is 4.88. The van der Waals surface area contributed by atoms with Gasteiger partial charge in [-0.3, -0.25) is 0 Å². The highest BCUT2D eigenvalue weighted by Crippen LogP contribution is 2.15. The number of rotatable bonds is 15. The van der Waals surface area contributed by atoms with Gasteiger partial charge in [0.15, 0.2) is 0 Å². The van der Waals surface area contributed by atoms with Crippen molar-refractivity contribution in [3.63, 3.8) is 0 Å². The molecule has 0 bridgehead atoms. The fraction of sp³-hybridized carbons (Fsp3) is 0.500. The highest BCUT2D eigenvalue weighted by atomic mass is 16.8. The Morgan fingerprint density at radius 2 is 1.11 bits per heavy atom. The minimum atomic E-state index is 0.919. The van der Waals surface area contributed by atoms with Crippen LogP contribution >= 0.6 is 0 Å². The van der Waals surface area contributed by atoms with E-state index in [1.165, 1.54) is 76.2 Å². The summed E-state index contributed by atoms with van der Waals surface area (Å²) < 4.78 is 0. The van der Waals surface area contributed by atoms with Crippen molar-refractivity contribution < 1.29 is 4.94 Å². The predicted octanol–water partition coefficient (Wildman–Crippen LogP) is 7.52. The van der Waals surface area contributed by atoms with Crippen LogP contribution in [0, 0.1) is 0 Å². The molecule has 0 fully saturated rings. The summed E-state index contributed by atoms with van der Waals surface area (Å²) in [7, 11) is 0. The van der Waals surface area contributed by atoms with Crippen molar-refractivity contribution in [1.82, 2.24) is 0 Å². The summed E-state index contributed by atoms with van der Waals surface area (Å²) >= 11 is 0. The lowest BCUT2D eigenvalue weighted by Crippen LogP contribution is -2.07. The van der Waals surface area contributed by atoms with Crippen molar-refractivity contribution in [2.24, 2.45) is 0 Å². The molecule has 0 heterocycles. The average Bonchev–Trinajstić information content (AvgIpc) is 2.71. The lowest BCUT2D eigenvalue weighted by atomic mass is 10.0. The monoisotopic (exact) mass is 368 g/mol. The number of para-hydroxylation sites is 1. The van der Waals surface area contributed by atoms with Crippen LogP contribution in [0.25, 0.3) is 0 Å². The number of aryl methyl sites for hydroxylation is 1. The van der Waals surface area contributed by atoms with E-state index >= 15 is 0 Å². The second kappa shape index (κ2) is 14.1. The molecule has 27 heavy (non-hydrogen) atoms. The molecule has 0 aromatic heterocycles. The van der Waals surface area contributed by atoms with Crippen molar-refractivity contribution in [2.75, 3.05) is 11.0 Å². The minimum Gasteiger partial charge on any atom is -0.242 e. The number of unbranched alkanes of at least 4 members (excludes halogenated alkanes) is 9. The van der Waals surface area contributed by atoms with Crippen LogP contribution < -0.4 is 11.0 Å². The van der Waals surface area contributed by atoms with Crippen LogP contribution in [0.3, 0.4) is 0 Å². The van der Waals surface area contributed by atoms with Crippen molar-refractivity contribution in [1.29, 1.82) is 0 Å². The molecule has 2 aromatic carbocycles. The van der Waals surface area contributed by atoms with Gasteiger partial charge in [-0.1, -0.05) is 95.0 Å². The van der Waals surface area contributed by atoms with Crippen LogP contribution in [-0.4, -0.2) is 0 Å². The van der Waals surface area contributed by atoms with Crippen LogP contribution in [0.1, 0.15) is 76.7 Å². The summed E-state index contributed by atoms with van der Waals surface area (Å²) in [5.41, 5.74) is 9.05. The Balaban J connectivity index is 1.49. The molecular formula is C24H36N2O. The van der Waals surface area contributed by atoms with Crippen molar-refractivity contribution in [3.05, 3.63) is 60.2 Å². The lowest BCUT2D eigenvalue weighted by Gasteiger charge is -2.09. The van der Waals surface area contributed by atoms with Gasteiger partial charge in [0.1, 0.15) is 0 Å². The van der Waals surface area contributed by atoms with E-state index in [4.69, 9.17) is 4.94 Å². The molecule has 3 heteroatoms. The van der Waals surface area contributed by atoms with Gasteiger partial charge in [-0.2, -0.15) is 4.94 Å². The molecule has 148 valence electrons. The third kappa shape index (κ3) is 10.0. The molecular weight excluding hydrogens is 332 g/mol. The van der Waals surface area contributed by atoms with Crippen molar-refractivity contribution in [3.8, 4) is 0 Å². The van der Waals surface area contributed by atoms with E-state index < -0.39 is 0 Å². The summed E-state index contributed by atoms with van der Waals surface area (Å²) in [5, 5.41) is 0. The number of anilines is 2. The Labute approximate surface area is 165 Å². The summed E-state index contributed by atoms with van der Waals surface area (Å²) in [6, 6.07) is 18.3. The van der Waals surface area contributed by atoms with E-state index in [0.29, 0.717) is 0 Å². The van der Waals surface area contributed by atoms with Gasteiger partial charge in [-0.05, 0) is 42.7 Å². The standard InChI is InChI=1S/C24H36N2O/c1-2-3-4-5-6-7-8-9-10-12-15-22-18-20-24(21-19-22)26-27-25-23-16-13-11-14-17-23/h11,13-14,16-21,25-26H,2-10,12,15H2,1H3. The van der Waals surface area contributed by atoms with E-state index in [-0.39, 0.29) is 0 Å². The van der Waals surface area contributed by atoms with Gasteiger partial charge in [0.05, 0.1) is 11.4 Å². The second-order valence-corrected chi connectivity index (χ2v) is 7.30. The molecule has 0 unspecified atom stereocenters. The first kappa shape index (κ1) is 21.3. The van der Waals surface area contributed by atoms with E-state index in [0.717, 1.165) is 11.4 Å². The number of hydrogen-bond donors (Lipinski definition) is 2. The Kier molecular flexibility index (Phi) is 11.1. The third-order valence-electron chi connectivity index (χ3n) is 4.88. The fourth-order valence-electron chi connectivity index (χ4n) is 3.21. The molecule has 3 nitrogen and oxygen atoms in total. The Morgan fingerprint density at radius 3 is 1.70 bits per heavy atom. The molecule has 0 radical (unpaired) electrons. The molecule has 0 amide bonds. The number of hydrogen-bond acceptors (Lipinski definition) is 3. The van der Waals surface area contributed by atoms with Gasteiger partial charge < -0.3 is 0 Å². The highest BCUT2D eigenvalue weighted by Gasteiger charge is 1.97. The maximum atomic E-state index is 5.31. The van der Waals surface area contributed by atoms with Crippen molar-refractivity contribution >= 4 is 11.4 Å². The number of nitrogens with one attached hydrogen (secondary N) is 2. The normalized spacial score (nSPS) is 10.7. The first-order chi connectivity index (χ1) is 13.4. The molecule has 0 aliphatic rings. The topological polar surface area (TPSA) is 33.3 Å². The molecule has 0 aliphatic carbocycles. The van der Waals surface area contributed by atoms with E-state index in [9.17, 15) is 0 Å². The SMILES string of the molecule is CCCCCCCCCCCCc1ccc(NONc2ccccc2)cc1. The predicted molar refractivity (Wildman–Crippen MR) is 117 cm³/mol. The molecule has 0 aliphatic heterocycles. The van der Waals surface area contributed by atoms with Crippen LogP contribution in [-0.2, 0) is 11.4 Å². The summed E-state index contributed by atoms with van der Waals surface area (Å²) in [6.07, 6.45) is 15.0. The molecule has 2 rings (SSSR count). The van der Waals surface area contributed by atoms with Gasteiger partial charge in [0.2, 0.25) is 0 Å². The first-order valence-corrected chi connectivity index (χ1v) is 10.7. The molecule has 2 aromatic rings. The van der Waals surface area contributed by atoms with Crippen LogP contribution in [0.2, 0.25) is 0 Å². The summed E-state index contributed by atoms with van der Waals surface area (Å²) in [6.45, 7) is 2.28. The van der Waals surface area contributed by atoms with Crippen LogP contribution in [0.15, 0.2) is 54.6 Å². The van der Waals surface area contributed by atoms with E-state index in [1.54, 1.807) is 0 Å². The van der Waals surface area contributed by atoms with Gasteiger partial charge in [0.25, 0.3) is 0 Å². The Hall–Kier alpha value is -2.00. The van der Waals surface area contributed by atoms with Crippen LogP contribution in [0.4, 0.5) is 11.4 Å². The van der Waals surface area contributed by atoms with E-state index in [2.05, 4.69) is 42.1 Å². The largest absolute Gasteiger partial charge is 0.242 e. The Morgan fingerprint density at radius 1 is 0.593 bits per heavy atom. The highest BCUT2D eigenvalue weighted by molar-refractivity contribution is 5.44. The van der Waals surface area contributed by atoms with E-state index in [1.807, 2.05) is 30.3 Å². The Bertz CT molecular complexity index is 583. The lowest BCUT2D eigenvalue weighted by molar-refractivity contribution is 0.264. The second-order valence-electron chi connectivity index (χ2n) is 7.30. The first-order valence-electron chi connectivity index (χ1n) is 10.7.